The lowest BCUT2D eigenvalue weighted by Gasteiger charge is -2.07. The van der Waals surface area contributed by atoms with Crippen molar-refractivity contribution in [2.45, 2.75) is 13.0 Å². The lowest BCUT2D eigenvalue weighted by molar-refractivity contribution is -0.0498. The van der Waals surface area contributed by atoms with E-state index < -0.39 is 6.61 Å². The molecule has 0 bridgehead atoms. The molecule has 0 saturated carbocycles. The van der Waals surface area contributed by atoms with E-state index >= 15 is 0 Å². The van der Waals surface area contributed by atoms with Gasteiger partial charge in [0.15, 0.2) is 5.78 Å². The number of ketones is 1. The van der Waals surface area contributed by atoms with E-state index in [1.165, 1.54) is 24.3 Å². The predicted molar refractivity (Wildman–Crippen MR) is 77.6 cm³/mol. The number of ether oxygens (including phenoxy) is 1. The Hall–Kier alpha value is -1.65. The zero-order valence-corrected chi connectivity index (χ0v) is 12.2. The van der Waals surface area contributed by atoms with Crippen LogP contribution in [-0.4, -0.2) is 12.4 Å². The van der Waals surface area contributed by atoms with Crippen molar-refractivity contribution >= 4 is 29.0 Å². The molecule has 0 fully saturated rings. The number of rotatable bonds is 5. The minimum absolute atomic E-state index is 0.0497. The molecule has 2 aromatic carbocycles. The summed E-state index contributed by atoms with van der Waals surface area (Å²) in [6.45, 7) is -2.93. The summed E-state index contributed by atoms with van der Waals surface area (Å²) in [7, 11) is 0. The van der Waals surface area contributed by atoms with E-state index in [1.807, 2.05) is 0 Å². The summed E-state index contributed by atoms with van der Waals surface area (Å²) in [5.74, 6) is -0.308. The fourth-order valence-electron chi connectivity index (χ4n) is 1.79. The van der Waals surface area contributed by atoms with Crippen LogP contribution in [0.4, 0.5) is 8.78 Å². The zero-order valence-electron chi connectivity index (χ0n) is 10.7. The highest BCUT2D eigenvalue weighted by Gasteiger charge is 2.12. The van der Waals surface area contributed by atoms with Crippen molar-refractivity contribution in [3.8, 4) is 5.75 Å². The average molecular weight is 331 g/mol. The van der Waals surface area contributed by atoms with Crippen LogP contribution in [0.15, 0.2) is 42.5 Å². The molecule has 6 heteroatoms. The third kappa shape index (κ3) is 4.41. The number of hydrogen-bond acceptors (Lipinski definition) is 2. The van der Waals surface area contributed by atoms with Crippen LogP contribution in [-0.2, 0) is 6.42 Å². The molecule has 2 nitrogen and oxygen atoms in total. The van der Waals surface area contributed by atoms with Crippen molar-refractivity contribution in [2.75, 3.05) is 0 Å². The highest BCUT2D eigenvalue weighted by Crippen LogP contribution is 2.23. The second-order valence-electron chi connectivity index (χ2n) is 4.24. The predicted octanol–water partition coefficient (Wildman–Crippen LogP) is 5.02. The topological polar surface area (TPSA) is 26.3 Å². The molecule has 0 aliphatic carbocycles. The van der Waals surface area contributed by atoms with Gasteiger partial charge < -0.3 is 4.74 Å². The van der Waals surface area contributed by atoms with Crippen LogP contribution in [0.5, 0.6) is 5.75 Å². The normalized spacial score (nSPS) is 10.7. The minimum atomic E-state index is -2.93. The van der Waals surface area contributed by atoms with E-state index in [1.54, 1.807) is 18.2 Å². The summed E-state index contributed by atoms with van der Waals surface area (Å²) in [4.78, 5) is 12.2. The van der Waals surface area contributed by atoms with Crippen molar-refractivity contribution < 1.29 is 18.3 Å². The SMILES string of the molecule is O=C(Cc1ccc(Cl)cc1Cl)c1cccc(OC(F)F)c1. The molecule has 21 heavy (non-hydrogen) atoms. The molecule has 0 atom stereocenters. The molecule has 0 unspecified atom stereocenters. The van der Waals surface area contributed by atoms with Gasteiger partial charge >= 0.3 is 6.61 Å². The molecule has 0 radical (unpaired) electrons. The van der Waals surface area contributed by atoms with Gasteiger partial charge in [-0.15, -0.1) is 0 Å². The largest absolute Gasteiger partial charge is 0.435 e. The van der Waals surface area contributed by atoms with Crippen LogP contribution >= 0.6 is 23.2 Å². The summed E-state index contributed by atoms with van der Waals surface area (Å²) in [5.41, 5.74) is 0.894. The van der Waals surface area contributed by atoms with Crippen LogP contribution in [0, 0.1) is 0 Å². The van der Waals surface area contributed by atoms with Gasteiger partial charge in [-0.3, -0.25) is 4.79 Å². The highest BCUT2D eigenvalue weighted by atomic mass is 35.5. The number of Topliss-reactive ketones (excluding diaryl/α,β-unsaturated/α-hetero) is 1. The Balaban J connectivity index is 2.16. The van der Waals surface area contributed by atoms with Crippen LogP contribution in [0.3, 0.4) is 0 Å². The Morgan fingerprint density at radius 2 is 1.90 bits per heavy atom. The number of alkyl halides is 2. The van der Waals surface area contributed by atoms with Gasteiger partial charge in [-0.2, -0.15) is 8.78 Å². The van der Waals surface area contributed by atoms with E-state index in [2.05, 4.69) is 4.74 Å². The van der Waals surface area contributed by atoms with Crippen LogP contribution < -0.4 is 4.74 Å². The summed E-state index contributed by atoms with van der Waals surface area (Å²) in [6, 6.07) is 10.5. The maximum Gasteiger partial charge on any atom is 0.387 e. The van der Waals surface area contributed by atoms with E-state index in [0.717, 1.165) is 0 Å². The number of carbonyl (C=O) groups is 1. The standard InChI is InChI=1S/C15H10Cl2F2O2/c16-11-5-4-9(13(17)8-11)7-14(20)10-2-1-3-12(6-10)21-15(18)19/h1-6,8,15H,7H2. The van der Waals surface area contributed by atoms with E-state index in [-0.39, 0.29) is 23.5 Å². The molecule has 0 saturated heterocycles. The quantitative estimate of drug-likeness (QED) is 0.719. The Bertz CT molecular complexity index is 660. The molecule has 0 aliphatic rings. The molecule has 0 spiro atoms. The van der Waals surface area contributed by atoms with Crippen LogP contribution in [0.1, 0.15) is 15.9 Å². The number of carbonyl (C=O) groups excluding carboxylic acids is 1. The fraction of sp³-hybridized carbons (Fsp3) is 0.133. The van der Waals surface area contributed by atoms with Gasteiger partial charge in [0.2, 0.25) is 0 Å². The van der Waals surface area contributed by atoms with Crippen molar-refractivity contribution in [3.05, 3.63) is 63.6 Å². The summed E-state index contributed by atoms with van der Waals surface area (Å²) in [5, 5.41) is 0.861. The van der Waals surface area contributed by atoms with Crippen molar-refractivity contribution in [2.24, 2.45) is 0 Å². The maximum atomic E-state index is 12.2. The molecule has 0 aliphatic heterocycles. The van der Waals surface area contributed by atoms with E-state index in [0.29, 0.717) is 15.6 Å². The number of hydrogen-bond donors (Lipinski definition) is 0. The lowest BCUT2D eigenvalue weighted by Crippen LogP contribution is -2.06. The Morgan fingerprint density at radius 1 is 1.14 bits per heavy atom. The molecule has 2 aromatic rings. The fourth-order valence-corrected chi connectivity index (χ4v) is 2.26. The molecule has 0 heterocycles. The van der Waals surface area contributed by atoms with Crippen molar-refractivity contribution in [1.82, 2.24) is 0 Å². The van der Waals surface area contributed by atoms with Crippen LogP contribution in [0.2, 0.25) is 10.0 Å². The third-order valence-corrected chi connectivity index (χ3v) is 3.33. The van der Waals surface area contributed by atoms with Gasteiger partial charge in [0.05, 0.1) is 0 Å². The first-order chi connectivity index (χ1) is 9.95. The summed E-state index contributed by atoms with van der Waals surface area (Å²) in [6.07, 6.45) is 0.0497. The first-order valence-corrected chi connectivity index (χ1v) is 6.73. The van der Waals surface area contributed by atoms with E-state index in [4.69, 9.17) is 23.2 Å². The first-order valence-electron chi connectivity index (χ1n) is 5.97. The van der Waals surface area contributed by atoms with Gasteiger partial charge in [-0.25, -0.2) is 0 Å². The molecule has 2 rings (SSSR count). The van der Waals surface area contributed by atoms with Crippen LogP contribution in [0.25, 0.3) is 0 Å². The van der Waals surface area contributed by atoms with Gasteiger partial charge in [0, 0.05) is 22.0 Å². The van der Waals surface area contributed by atoms with Gasteiger partial charge in [-0.1, -0.05) is 41.4 Å². The number of benzene rings is 2. The monoisotopic (exact) mass is 330 g/mol. The average Bonchev–Trinajstić information content (AvgIpc) is 2.41. The van der Waals surface area contributed by atoms with Crippen molar-refractivity contribution in [3.63, 3.8) is 0 Å². The van der Waals surface area contributed by atoms with Gasteiger partial charge in [0.1, 0.15) is 5.75 Å². The molecular formula is C15H10Cl2F2O2. The second-order valence-corrected chi connectivity index (χ2v) is 5.09. The number of halogens is 4. The molecule has 110 valence electrons. The van der Waals surface area contributed by atoms with Gasteiger partial charge in [0.25, 0.3) is 0 Å². The Labute approximate surface area is 130 Å². The first kappa shape index (κ1) is 15.7. The van der Waals surface area contributed by atoms with Gasteiger partial charge in [-0.05, 0) is 29.8 Å². The maximum absolute atomic E-state index is 12.2. The lowest BCUT2D eigenvalue weighted by atomic mass is 10.0. The Kier molecular flexibility index (Phi) is 5.15. The smallest absolute Gasteiger partial charge is 0.387 e. The Morgan fingerprint density at radius 3 is 2.57 bits per heavy atom. The summed E-state index contributed by atoms with van der Waals surface area (Å²) < 4.78 is 28.6. The molecule has 0 amide bonds. The minimum Gasteiger partial charge on any atom is -0.435 e. The summed E-state index contributed by atoms with van der Waals surface area (Å²) >= 11 is 11.8. The van der Waals surface area contributed by atoms with E-state index in [9.17, 15) is 13.6 Å². The molecular weight excluding hydrogens is 321 g/mol. The second kappa shape index (κ2) is 6.87. The third-order valence-electron chi connectivity index (χ3n) is 2.75. The van der Waals surface area contributed by atoms with Crippen molar-refractivity contribution in [1.29, 1.82) is 0 Å². The molecule has 0 aromatic heterocycles. The highest BCUT2D eigenvalue weighted by molar-refractivity contribution is 6.35. The zero-order chi connectivity index (χ0) is 15.4. The molecule has 0 N–H and O–H groups in total.